The molecule has 644 valence electrons. The Labute approximate surface area is 791 Å². The van der Waals surface area contributed by atoms with E-state index in [1.54, 1.807) is 0 Å². The van der Waals surface area contributed by atoms with Crippen molar-refractivity contribution >= 4 is 220 Å². The third-order valence-electron chi connectivity index (χ3n) is 27.0. The molecule has 0 saturated heterocycles. The maximum atomic E-state index is 6.26. The molecule has 0 spiro atoms. The van der Waals surface area contributed by atoms with Crippen LogP contribution < -0.4 is 53.4 Å². The van der Waals surface area contributed by atoms with E-state index in [4.69, 9.17) is 39.9 Å². The number of benzene rings is 16. The van der Waals surface area contributed by atoms with Crippen molar-refractivity contribution in [2.45, 2.75) is 0 Å². The van der Waals surface area contributed by atoms with E-state index in [2.05, 4.69) is 470 Å². The maximum absolute atomic E-state index is 6.26. The number of fused-ring (bicyclic) bond motifs is 32. The van der Waals surface area contributed by atoms with Crippen molar-refractivity contribution in [3.63, 3.8) is 0 Å². The first-order valence-electron chi connectivity index (χ1n) is 45.1. The van der Waals surface area contributed by atoms with Crippen molar-refractivity contribution in [1.29, 1.82) is 0 Å². The molecule has 2 aliphatic rings. The van der Waals surface area contributed by atoms with Crippen LogP contribution in [0.25, 0.3) is 220 Å². The van der Waals surface area contributed by atoms with E-state index in [0.29, 0.717) is 89.3 Å². The Hall–Kier alpha value is -18.6. The van der Waals surface area contributed by atoms with Gasteiger partial charge in [0.2, 0.25) is 0 Å². The van der Waals surface area contributed by atoms with Crippen LogP contribution in [0.2, 0.25) is 0 Å². The van der Waals surface area contributed by atoms with Crippen LogP contribution in [0.5, 0.6) is 0 Å². The number of para-hydroxylation sites is 8. The Morgan fingerprint density at radius 1 is 0.161 bits per heavy atom. The van der Waals surface area contributed by atoms with E-state index in [1.165, 1.54) is 0 Å². The van der Waals surface area contributed by atoms with Gasteiger partial charge in [0.1, 0.15) is 0 Å². The van der Waals surface area contributed by atoms with Gasteiger partial charge in [-0.15, -0.1) is 0 Å². The number of rotatable bonds is 16. The van der Waals surface area contributed by atoms with E-state index in [-0.39, 0.29) is 67.6 Å². The van der Waals surface area contributed by atoms with Crippen LogP contribution in [-0.2, 0) is 21.7 Å². The van der Waals surface area contributed by atoms with Gasteiger partial charge in [-0.1, -0.05) is 243 Å². The van der Waals surface area contributed by atoms with E-state index in [0.717, 1.165) is 130 Å². The summed E-state index contributed by atoms with van der Waals surface area (Å²) in [6.07, 6.45) is 16.5. The average Bonchev–Trinajstić information content (AvgIpc) is 1.55. The molecule has 11 aromatic heterocycles. The van der Waals surface area contributed by atoms with Gasteiger partial charge in [0.15, 0.2) is 0 Å². The van der Waals surface area contributed by atoms with Gasteiger partial charge in [-0.3, -0.25) is 80.8 Å². The summed E-state index contributed by atoms with van der Waals surface area (Å²) in [5.74, 6) is 1.07. The zero-order valence-electron chi connectivity index (χ0n) is 72.6. The largest absolute Gasteiger partial charge is 2.00 e. The summed E-state index contributed by atoms with van der Waals surface area (Å²) in [4.78, 5) is 49.4. The number of nitrogens with zero attached hydrogens (tertiary/aromatic N) is 16. The van der Waals surface area contributed by atoms with Crippen LogP contribution in [0.15, 0.2) is 389 Å². The van der Waals surface area contributed by atoms with Crippen molar-refractivity contribution in [3.05, 3.63) is 389 Å². The minimum Gasteiger partial charge on any atom is -0.357 e. The van der Waals surface area contributed by atoms with E-state index in [9.17, 15) is 0 Å². The van der Waals surface area contributed by atoms with Crippen LogP contribution in [0.3, 0.4) is 0 Å². The Bertz CT molecular complexity index is 8860. The summed E-state index contributed by atoms with van der Waals surface area (Å²) in [6, 6.07) is 118. The Kier molecular flexibility index (Phi) is 17.0. The Balaban J connectivity index is 0.00000927. The molecule has 0 amide bonds. The second-order valence-corrected chi connectivity index (χ2v) is 34.5. The van der Waals surface area contributed by atoms with Gasteiger partial charge < -0.3 is 29.9 Å². The molecule has 25 heteroatoms. The molecule has 8 N–H and O–H groups in total. The van der Waals surface area contributed by atoms with Gasteiger partial charge in [-0.25, -0.2) is 9.97 Å². The summed E-state index contributed by atoms with van der Waals surface area (Å²) in [6.45, 7) is 0. The normalized spacial score (nSPS) is 12.0. The van der Waals surface area contributed by atoms with Crippen LogP contribution in [0, 0.1) is 0 Å². The summed E-state index contributed by atoms with van der Waals surface area (Å²) >= 11 is 0. The molecule has 16 aromatic carbocycles. The van der Waals surface area contributed by atoms with Crippen LogP contribution >= 0.6 is 0 Å². The second kappa shape index (κ2) is 30.2. The minimum atomic E-state index is 0. The second-order valence-electron chi connectivity index (χ2n) is 34.5. The van der Waals surface area contributed by atoms with Gasteiger partial charge in [-0.05, 0) is 97.1 Å². The first-order chi connectivity index (χ1) is 67.4. The number of anilines is 8. The minimum absolute atomic E-state index is 0. The predicted molar refractivity (Wildman–Crippen MR) is 552 cm³/mol. The van der Waals surface area contributed by atoms with Crippen LogP contribution in [-0.4, -0.2) is 67.3 Å². The molecule has 8 bridgehead atoms. The molecule has 137 heavy (non-hydrogen) atoms. The number of aromatic nitrogens is 16. The molecule has 2 aliphatic heterocycles. The van der Waals surface area contributed by atoms with Gasteiger partial charge in [0.05, 0.1) is 113 Å². The Morgan fingerprint density at radius 2 is 0.307 bits per heavy atom. The molecule has 0 saturated carbocycles. The SMILES string of the molecule is [Ti+2].c1ccc2c(c1)ccn2Nc1c2c(c(Nn3ccc4ccccc43)c3ccccc13)-c1nc-2nc2[n-]c(nc3nc(nc4[n-]c(n1)c1c(Nn5ccc6ccccc65)c5ccccc5c(Nn5ccc6ccccc65)c41)-c1c-3c(Nn3ccc4ccccc43)c3ccccc3c1Nn1ccc3ccccc31)c1c(Nn3ccc4ccccc43)c3ccccc3c(Nn3ccc4ccccc43)c21. The van der Waals surface area contributed by atoms with Crippen molar-refractivity contribution in [2.24, 2.45) is 0 Å². The van der Waals surface area contributed by atoms with Gasteiger partial charge >= 0.3 is 21.7 Å². The van der Waals surface area contributed by atoms with Crippen LogP contribution in [0.4, 0.5) is 45.5 Å². The molecule has 0 atom stereocenters. The molecule has 0 unspecified atom stereocenters. The topological polar surface area (TPSA) is 241 Å². The standard InChI is InChI=1S/C112H72N24.Ti/c1-17-41-81-65(25-1)49-57-129(81)121-97-73-33-9-10-34-74(73)98(122-130-58-50-66-26-2-18-42-82(66)130)90-89(97)105-113-106(90)118-108-93-94(102(126-134-62-54-70-30-6-22-46-86(70)134)78-38-14-13-37-77(78)101(93)125-133-61-53-69-29-5-21-45-85(69)133)110(115-108)120-112-96-95(103(127-135-63-55-71-31-7-23-47-87(71)135)79-39-15-16-40-80(79)104(96)128-136-64-56-72-32-8-24-48-88(72)136)111(116-112)119-109-92-91(107(114-109)117-105)99(123-131-59-51-67-27-3-19-43-83(67)131)75-35-11-12-36-76(75)100(92)124-132-60-52-68-28-4-20-44-84(68)132;/h1-64,121-128H;/q-2;+2. The molecule has 0 fully saturated rings. The fraction of sp³-hybridized carbons (Fsp3) is 0. The number of hydrogen-bond acceptors (Lipinski definition) is 14. The molecular weight excluding hydrogens is 1730 g/mol. The van der Waals surface area contributed by atoms with Crippen molar-refractivity contribution < 1.29 is 21.7 Å². The molecule has 13 heterocycles. The molecule has 27 aromatic rings. The first-order valence-corrected chi connectivity index (χ1v) is 45.1. The van der Waals surface area contributed by atoms with Gasteiger partial charge in [0, 0.05) is 202 Å². The zero-order valence-corrected chi connectivity index (χ0v) is 74.2. The molecule has 29 rings (SSSR count). The summed E-state index contributed by atoms with van der Waals surface area (Å²) < 4.78 is 16.6. The van der Waals surface area contributed by atoms with Crippen molar-refractivity contribution in [2.75, 3.05) is 43.4 Å². The average molecular weight is 1800 g/mol. The fourth-order valence-electron chi connectivity index (χ4n) is 20.8. The Morgan fingerprint density at radius 3 is 0.482 bits per heavy atom. The quantitative estimate of drug-likeness (QED) is 0.0331. The predicted octanol–water partition coefficient (Wildman–Crippen LogP) is 25.4. The maximum Gasteiger partial charge on any atom is 2.00 e. The first kappa shape index (κ1) is 77.1. The zero-order chi connectivity index (χ0) is 88.9. The van der Waals surface area contributed by atoms with Crippen LogP contribution in [0.1, 0.15) is 0 Å². The van der Waals surface area contributed by atoms with Crippen molar-refractivity contribution in [3.8, 4) is 45.6 Å². The van der Waals surface area contributed by atoms with E-state index in [1.807, 2.05) is 0 Å². The molecule has 0 aliphatic carbocycles. The summed E-state index contributed by atoms with van der Waals surface area (Å²) in [7, 11) is 0. The third-order valence-corrected chi connectivity index (χ3v) is 27.0. The van der Waals surface area contributed by atoms with E-state index < -0.39 is 0 Å². The molecule has 24 nitrogen and oxygen atoms in total. The smallest absolute Gasteiger partial charge is 0.357 e. The van der Waals surface area contributed by atoms with Gasteiger partial charge in [-0.2, -0.15) is 0 Å². The fourth-order valence-corrected chi connectivity index (χ4v) is 20.8. The van der Waals surface area contributed by atoms with Gasteiger partial charge in [0.25, 0.3) is 0 Å². The molecular formula is C112H72N24Ti. The number of nitrogens with one attached hydrogen (secondary N) is 8. The van der Waals surface area contributed by atoms with E-state index >= 15 is 0 Å². The summed E-state index contributed by atoms with van der Waals surface area (Å²) in [5.41, 5.74) is 49.0. The monoisotopic (exact) mass is 1800 g/mol. The number of hydrogen-bond donors (Lipinski definition) is 8. The summed E-state index contributed by atoms with van der Waals surface area (Å²) in [5, 5.41) is 17.4. The van der Waals surface area contributed by atoms with Crippen molar-refractivity contribution in [1.82, 2.24) is 77.3 Å². The third kappa shape index (κ3) is 12.0. The molecule has 0 radical (unpaired) electrons.